The van der Waals surface area contributed by atoms with Gasteiger partial charge in [0.2, 0.25) is 0 Å². The molecule has 4 rings (SSSR count). The first-order valence-corrected chi connectivity index (χ1v) is 15.9. The first-order chi connectivity index (χ1) is 19.9. The molecular formula is C34H48F2NO3PS. The third kappa shape index (κ3) is 16.6. The number of hydrogen-bond acceptors (Lipinski definition) is 4. The van der Waals surface area contributed by atoms with Crippen LogP contribution in [0, 0.1) is 20.8 Å². The summed E-state index contributed by atoms with van der Waals surface area (Å²) in [5, 5.41) is 4.34. The number of amides is 1. The van der Waals surface area contributed by atoms with E-state index in [-0.39, 0.29) is 17.2 Å². The molecule has 1 fully saturated rings. The van der Waals surface area contributed by atoms with Gasteiger partial charge in [-0.05, 0) is 87.3 Å². The van der Waals surface area contributed by atoms with Crippen LogP contribution in [0.5, 0.6) is 5.75 Å². The number of halogens is 2. The van der Waals surface area contributed by atoms with E-state index in [1.807, 2.05) is 63.7 Å². The fraction of sp³-hybridized carbons (Fsp3) is 0.412. The van der Waals surface area contributed by atoms with Gasteiger partial charge >= 0.3 is 6.61 Å². The summed E-state index contributed by atoms with van der Waals surface area (Å²) < 4.78 is 27.9. The Morgan fingerprint density at radius 3 is 2.07 bits per heavy atom. The number of benzene rings is 3. The van der Waals surface area contributed by atoms with Gasteiger partial charge in [-0.3, -0.25) is 4.79 Å². The molecule has 1 amide bonds. The number of aldehydes is 1. The van der Waals surface area contributed by atoms with Crippen LogP contribution in [0.1, 0.15) is 73.7 Å². The summed E-state index contributed by atoms with van der Waals surface area (Å²) in [5.74, 6) is 2.32. The zero-order valence-electron chi connectivity index (χ0n) is 26.3. The Morgan fingerprint density at radius 1 is 1.02 bits per heavy atom. The van der Waals surface area contributed by atoms with Gasteiger partial charge < -0.3 is 14.8 Å². The van der Waals surface area contributed by atoms with Crippen LogP contribution in [-0.2, 0) is 11.2 Å². The summed E-state index contributed by atoms with van der Waals surface area (Å²) in [6, 6.07) is 21.0. The number of aryl methyl sites for hydroxylation is 4. The number of alkyl halides is 2. The fourth-order valence-electron chi connectivity index (χ4n) is 3.44. The number of nitrogens with one attached hydrogen (secondary N) is 1. The molecule has 0 bridgehead atoms. The van der Waals surface area contributed by atoms with Crippen LogP contribution in [0.3, 0.4) is 0 Å². The summed E-state index contributed by atoms with van der Waals surface area (Å²) >= 11 is 1.87. The number of carbonyl (C=O) groups is 2. The van der Waals surface area contributed by atoms with Crippen molar-refractivity contribution in [1.29, 1.82) is 0 Å². The molecule has 3 aromatic rings. The summed E-state index contributed by atoms with van der Waals surface area (Å²) in [7, 11) is 2.65. The maximum atomic E-state index is 12.0. The molecule has 1 aliphatic heterocycles. The molecule has 42 heavy (non-hydrogen) atoms. The van der Waals surface area contributed by atoms with E-state index in [0.29, 0.717) is 0 Å². The molecule has 1 aliphatic rings. The molecule has 232 valence electrons. The average Bonchev–Trinajstić information content (AvgIpc) is 2.93. The normalized spacial score (nSPS) is 12.2. The second kappa shape index (κ2) is 21.9. The van der Waals surface area contributed by atoms with Crippen LogP contribution in [-0.4, -0.2) is 35.8 Å². The lowest BCUT2D eigenvalue weighted by Gasteiger charge is -2.38. The Bertz CT molecular complexity index is 1160. The number of rotatable bonds is 6. The van der Waals surface area contributed by atoms with Crippen LogP contribution in [0.15, 0.2) is 66.7 Å². The quantitative estimate of drug-likeness (QED) is 0.222. The highest BCUT2D eigenvalue weighted by atomic mass is 32.2. The fourth-order valence-corrected chi connectivity index (χ4v) is 4.59. The zero-order valence-corrected chi connectivity index (χ0v) is 28.3. The molecule has 0 aromatic heterocycles. The lowest BCUT2D eigenvalue weighted by molar-refractivity contribution is -0.106. The largest absolute Gasteiger partial charge is 0.435 e. The van der Waals surface area contributed by atoms with E-state index >= 15 is 0 Å². The Kier molecular flexibility index (Phi) is 20.4. The standard InChI is InChI=1S/C13H17NOS.C10H12F2O.C7H9P.C2H4O.C2H6/c1-9-4-5-11(6-10(9)2)12(15)14-13(3)7-16-8-13;1-2-4-8-5-3-6-9(7-8)13-10(11)12;1-6-2-4-7(8)5-3-6;1-2-3;1-2/h4-6H,7-8H2,1-3H3,(H,14,15);3,5-7,10H,2,4H2,1H3;2-5H,8H2,1H3;2H,1H3;1-2H3. The van der Waals surface area contributed by atoms with Gasteiger partial charge in [-0.2, -0.15) is 20.5 Å². The Hall–Kier alpha value is -2.76. The van der Waals surface area contributed by atoms with Crippen LogP contribution in [0.4, 0.5) is 8.78 Å². The molecule has 4 nitrogen and oxygen atoms in total. The number of hydrogen-bond donors (Lipinski definition) is 1. The van der Waals surface area contributed by atoms with Gasteiger partial charge in [0.15, 0.2) is 0 Å². The molecule has 1 heterocycles. The monoisotopic (exact) mass is 619 g/mol. The van der Waals surface area contributed by atoms with Gasteiger partial charge in [-0.25, -0.2) is 0 Å². The number of thioether (sulfide) groups is 1. The molecular weight excluding hydrogens is 571 g/mol. The van der Waals surface area contributed by atoms with E-state index in [1.54, 1.807) is 12.1 Å². The van der Waals surface area contributed by atoms with Crippen molar-refractivity contribution in [3.8, 4) is 5.75 Å². The van der Waals surface area contributed by atoms with Crippen molar-refractivity contribution >= 4 is 38.5 Å². The number of ether oxygens (including phenoxy) is 1. The minimum absolute atomic E-state index is 0.000537. The van der Waals surface area contributed by atoms with E-state index in [2.05, 4.69) is 64.3 Å². The average molecular weight is 620 g/mol. The lowest BCUT2D eigenvalue weighted by atomic mass is 10.0. The molecule has 1 atom stereocenters. The Morgan fingerprint density at radius 2 is 1.62 bits per heavy atom. The van der Waals surface area contributed by atoms with Crippen LogP contribution in [0.2, 0.25) is 0 Å². The minimum atomic E-state index is -2.74. The predicted molar refractivity (Wildman–Crippen MR) is 180 cm³/mol. The first-order valence-electron chi connectivity index (χ1n) is 14.2. The third-order valence-electron chi connectivity index (χ3n) is 5.77. The second-order valence-corrected chi connectivity index (χ2v) is 11.4. The van der Waals surface area contributed by atoms with Crippen molar-refractivity contribution in [1.82, 2.24) is 5.32 Å². The molecule has 0 saturated carbocycles. The topological polar surface area (TPSA) is 55.4 Å². The molecule has 0 aliphatic carbocycles. The summed E-state index contributed by atoms with van der Waals surface area (Å²) in [4.78, 5) is 20.8. The zero-order chi connectivity index (χ0) is 32.1. The molecule has 3 aromatic carbocycles. The van der Waals surface area contributed by atoms with Crippen LogP contribution >= 0.6 is 21.0 Å². The molecule has 1 saturated heterocycles. The van der Waals surface area contributed by atoms with Gasteiger partial charge in [0.05, 0.1) is 5.54 Å². The summed E-state index contributed by atoms with van der Waals surface area (Å²) in [6.45, 7) is 13.0. The maximum absolute atomic E-state index is 12.0. The molecule has 0 radical (unpaired) electrons. The third-order valence-corrected chi connectivity index (χ3v) is 7.83. The number of carbonyl (C=O) groups excluding carboxylic acids is 2. The van der Waals surface area contributed by atoms with E-state index in [4.69, 9.17) is 4.79 Å². The van der Waals surface area contributed by atoms with Gasteiger partial charge in [-0.1, -0.05) is 75.2 Å². The Labute approximate surface area is 258 Å². The van der Waals surface area contributed by atoms with E-state index in [9.17, 15) is 13.6 Å². The molecule has 1 N–H and O–H groups in total. The maximum Gasteiger partial charge on any atom is 0.387 e. The molecule has 0 spiro atoms. The van der Waals surface area contributed by atoms with Crippen molar-refractivity contribution in [2.45, 2.75) is 80.4 Å². The smallest absolute Gasteiger partial charge is 0.387 e. The van der Waals surface area contributed by atoms with Crippen molar-refractivity contribution in [3.05, 3.63) is 94.5 Å². The van der Waals surface area contributed by atoms with E-state index < -0.39 is 6.61 Å². The highest BCUT2D eigenvalue weighted by molar-refractivity contribution is 8.00. The lowest BCUT2D eigenvalue weighted by Crippen LogP contribution is -2.55. The molecule has 1 unspecified atom stereocenters. The van der Waals surface area contributed by atoms with Gasteiger partial charge in [0.1, 0.15) is 12.0 Å². The van der Waals surface area contributed by atoms with Crippen molar-refractivity contribution in [3.63, 3.8) is 0 Å². The van der Waals surface area contributed by atoms with Crippen molar-refractivity contribution in [2.75, 3.05) is 11.5 Å². The SMILES string of the molecule is CC.CC=O.CCCc1cccc(OC(F)F)c1.Cc1ccc(C(=O)NC2(C)CSC2)cc1C.Cc1ccc(P)cc1. The highest BCUT2D eigenvalue weighted by Gasteiger charge is 2.34. The van der Waals surface area contributed by atoms with Gasteiger partial charge in [0.25, 0.3) is 5.91 Å². The van der Waals surface area contributed by atoms with E-state index in [0.717, 1.165) is 41.8 Å². The minimum Gasteiger partial charge on any atom is -0.435 e. The Balaban J connectivity index is 0.000000580. The van der Waals surface area contributed by atoms with Crippen molar-refractivity contribution < 1.29 is 23.1 Å². The van der Waals surface area contributed by atoms with E-state index in [1.165, 1.54) is 35.0 Å². The van der Waals surface area contributed by atoms with Gasteiger partial charge in [0, 0.05) is 17.1 Å². The van der Waals surface area contributed by atoms with Crippen LogP contribution < -0.4 is 15.4 Å². The van der Waals surface area contributed by atoms with Crippen molar-refractivity contribution in [2.24, 2.45) is 0 Å². The summed E-state index contributed by atoms with van der Waals surface area (Å²) in [5.41, 5.74) is 5.50. The predicted octanol–water partition coefficient (Wildman–Crippen LogP) is 8.51. The van der Waals surface area contributed by atoms with Gasteiger partial charge in [-0.15, -0.1) is 9.24 Å². The highest BCUT2D eigenvalue weighted by Crippen LogP contribution is 2.29. The summed E-state index contributed by atoms with van der Waals surface area (Å²) in [6.07, 6.45) is 2.64. The first kappa shape index (κ1) is 39.2. The second-order valence-electron chi connectivity index (χ2n) is 9.73. The molecule has 8 heteroatoms. The van der Waals surface area contributed by atoms with Crippen LogP contribution in [0.25, 0.3) is 0 Å².